The van der Waals surface area contributed by atoms with Gasteiger partial charge in [0.25, 0.3) is 0 Å². The molecule has 0 saturated heterocycles. The van der Waals surface area contributed by atoms with E-state index in [1.807, 2.05) is 13.8 Å². The van der Waals surface area contributed by atoms with Gasteiger partial charge in [-0.15, -0.1) is 0 Å². The van der Waals surface area contributed by atoms with E-state index in [0.29, 0.717) is 79.0 Å². The van der Waals surface area contributed by atoms with Crippen LogP contribution >= 0.6 is 0 Å². The summed E-state index contributed by atoms with van der Waals surface area (Å²) in [7, 11) is 0. The second-order valence-corrected chi connectivity index (χ2v) is 5.40. The number of carbonyl (C=O) groups is 2. The number of hydrogen-bond acceptors (Lipinski definition) is 8. The van der Waals surface area contributed by atoms with Crippen molar-refractivity contribution in [2.24, 2.45) is 0 Å². The first-order valence-corrected chi connectivity index (χ1v) is 9.45. The molecule has 0 rings (SSSR count). The third kappa shape index (κ3) is 21.1. The highest BCUT2D eigenvalue weighted by Crippen LogP contribution is 1.86. The van der Waals surface area contributed by atoms with E-state index in [1.54, 1.807) is 0 Å². The highest BCUT2D eigenvalue weighted by molar-refractivity contribution is 5.79. The molecule has 0 aromatic carbocycles. The van der Waals surface area contributed by atoms with E-state index in [-0.39, 0.29) is 24.9 Å². The van der Waals surface area contributed by atoms with Crippen LogP contribution in [0.25, 0.3) is 0 Å². The summed E-state index contributed by atoms with van der Waals surface area (Å²) in [5, 5.41) is 2.64. The molecule has 0 spiro atoms. The molecule has 1 amide bonds. The highest BCUT2D eigenvalue weighted by Gasteiger charge is 1.99. The molecule has 9 nitrogen and oxygen atoms in total. The van der Waals surface area contributed by atoms with Crippen molar-refractivity contribution in [1.82, 2.24) is 5.32 Å². The Bertz CT molecular complexity index is 354. The van der Waals surface area contributed by atoms with Gasteiger partial charge in [-0.1, -0.05) is 6.92 Å². The van der Waals surface area contributed by atoms with Crippen LogP contribution in [0.1, 0.15) is 20.3 Å². The lowest BCUT2D eigenvalue weighted by molar-refractivity contribution is -0.126. The van der Waals surface area contributed by atoms with Gasteiger partial charge in [-0.25, -0.2) is 0 Å². The fraction of sp³-hybridized carbons (Fsp3) is 0.889. The Kier molecular flexibility index (Phi) is 20.3. The van der Waals surface area contributed by atoms with E-state index in [2.05, 4.69) is 5.32 Å². The first-order valence-electron chi connectivity index (χ1n) is 9.45. The number of amides is 1. The molecule has 0 aliphatic carbocycles. The standard InChI is InChI=1S/C18H35NO8/c1-3-17(20)15-26-13-11-24-9-7-22-5-6-23-8-10-25-12-14-27-16-18(21)19-4-2/h3-16H2,1-2H3,(H,19,21). The molecule has 0 saturated carbocycles. The van der Waals surface area contributed by atoms with Gasteiger partial charge in [0.15, 0.2) is 5.78 Å². The predicted molar refractivity (Wildman–Crippen MR) is 98.9 cm³/mol. The largest absolute Gasteiger partial charge is 0.377 e. The lowest BCUT2D eigenvalue weighted by Crippen LogP contribution is -2.27. The van der Waals surface area contributed by atoms with E-state index >= 15 is 0 Å². The summed E-state index contributed by atoms with van der Waals surface area (Å²) >= 11 is 0. The van der Waals surface area contributed by atoms with E-state index < -0.39 is 0 Å². The number of ether oxygens (including phenoxy) is 6. The van der Waals surface area contributed by atoms with Gasteiger partial charge in [-0.2, -0.15) is 0 Å². The zero-order valence-electron chi connectivity index (χ0n) is 16.7. The molecule has 0 aliphatic heterocycles. The van der Waals surface area contributed by atoms with Crippen LogP contribution in [0.3, 0.4) is 0 Å². The van der Waals surface area contributed by atoms with Gasteiger partial charge >= 0.3 is 0 Å². The summed E-state index contributed by atoms with van der Waals surface area (Å²) in [6.07, 6.45) is 0.497. The monoisotopic (exact) mass is 393 g/mol. The van der Waals surface area contributed by atoms with Gasteiger partial charge < -0.3 is 33.7 Å². The van der Waals surface area contributed by atoms with Gasteiger partial charge in [-0.3, -0.25) is 9.59 Å². The molecule has 27 heavy (non-hydrogen) atoms. The number of carbonyl (C=O) groups excluding carboxylic acids is 2. The molecular weight excluding hydrogens is 358 g/mol. The van der Waals surface area contributed by atoms with E-state index in [9.17, 15) is 9.59 Å². The van der Waals surface area contributed by atoms with E-state index in [1.165, 1.54) is 0 Å². The van der Waals surface area contributed by atoms with Crippen molar-refractivity contribution in [2.75, 3.05) is 85.8 Å². The molecular formula is C18H35NO8. The number of nitrogens with one attached hydrogen (secondary N) is 1. The minimum atomic E-state index is -0.122. The Balaban J connectivity index is 3.07. The van der Waals surface area contributed by atoms with Crippen LogP contribution in [0, 0.1) is 0 Å². The molecule has 0 unspecified atom stereocenters. The average molecular weight is 393 g/mol. The third-order valence-corrected chi connectivity index (χ3v) is 3.12. The van der Waals surface area contributed by atoms with Crippen molar-refractivity contribution < 1.29 is 38.0 Å². The van der Waals surface area contributed by atoms with Crippen molar-refractivity contribution >= 4 is 11.7 Å². The summed E-state index contributed by atoms with van der Waals surface area (Å²) in [5.74, 6) is -0.0310. The van der Waals surface area contributed by atoms with Crippen LogP contribution < -0.4 is 5.32 Å². The van der Waals surface area contributed by atoms with Crippen molar-refractivity contribution in [3.63, 3.8) is 0 Å². The van der Waals surface area contributed by atoms with Crippen LogP contribution in [-0.4, -0.2) is 97.5 Å². The summed E-state index contributed by atoms with van der Waals surface area (Å²) in [6, 6.07) is 0. The Labute approximate surface area is 161 Å². The van der Waals surface area contributed by atoms with Crippen molar-refractivity contribution in [1.29, 1.82) is 0 Å². The van der Waals surface area contributed by atoms with Crippen molar-refractivity contribution in [2.45, 2.75) is 20.3 Å². The van der Waals surface area contributed by atoms with Crippen LogP contribution in [-0.2, 0) is 38.0 Å². The van der Waals surface area contributed by atoms with E-state index in [4.69, 9.17) is 28.4 Å². The molecule has 9 heteroatoms. The smallest absolute Gasteiger partial charge is 0.245 e. The molecule has 0 fully saturated rings. The molecule has 0 radical (unpaired) electrons. The maximum absolute atomic E-state index is 11.1. The number of ketones is 1. The van der Waals surface area contributed by atoms with Gasteiger partial charge in [-0.05, 0) is 6.92 Å². The summed E-state index contributed by atoms with van der Waals surface area (Å²) < 4.78 is 31.6. The molecule has 0 aromatic heterocycles. The molecule has 0 heterocycles. The SMILES string of the molecule is CCNC(=O)COCCOCCOCCOCCOCCOCC(=O)CC. The fourth-order valence-electron chi connectivity index (χ4n) is 1.70. The predicted octanol–water partition coefficient (Wildman–Crippen LogP) is 0.201. The fourth-order valence-corrected chi connectivity index (χ4v) is 1.70. The average Bonchev–Trinajstić information content (AvgIpc) is 2.67. The van der Waals surface area contributed by atoms with Crippen LogP contribution in [0.4, 0.5) is 0 Å². The van der Waals surface area contributed by atoms with Crippen LogP contribution in [0.15, 0.2) is 0 Å². The van der Waals surface area contributed by atoms with Crippen LogP contribution in [0.5, 0.6) is 0 Å². The second-order valence-electron chi connectivity index (χ2n) is 5.40. The Hall–Kier alpha value is -1.10. The zero-order chi connectivity index (χ0) is 20.0. The molecule has 1 N–H and O–H groups in total. The normalized spacial score (nSPS) is 10.9. The first kappa shape index (κ1) is 25.9. The number of rotatable bonds is 21. The molecule has 0 bridgehead atoms. The maximum Gasteiger partial charge on any atom is 0.245 e. The van der Waals surface area contributed by atoms with Crippen molar-refractivity contribution in [3.8, 4) is 0 Å². The minimum absolute atomic E-state index is 0.0559. The Morgan fingerprint density at radius 3 is 1.33 bits per heavy atom. The molecule has 0 atom stereocenters. The number of likely N-dealkylation sites (N-methyl/N-ethyl adjacent to an activating group) is 1. The molecule has 160 valence electrons. The number of Topliss-reactive ketones (excluding diaryl/α,β-unsaturated/α-hetero) is 1. The van der Waals surface area contributed by atoms with Crippen molar-refractivity contribution in [3.05, 3.63) is 0 Å². The zero-order valence-corrected chi connectivity index (χ0v) is 16.7. The Morgan fingerprint density at radius 2 is 0.963 bits per heavy atom. The van der Waals surface area contributed by atoms with Gasteiger partial charge in [0, 0.05) is 13.0 Å². The lowest BCUT2D eigenvalue weighted by atomic mass is 10.3. The maximum atomic E-state index is 11.1. The minimum Gasteiger partial charge on any atom is -0.377 e. The Morgan fingerprint density at radius 1 is 0.593 bits per heavy atom. The van der Waals surface area contributed by atoms with Gasteiger partial charge in [0.05, 0.1) is 66.1 Å². The molecule has 0 aliphatic rings. The van der Waals surface area contributed by atoms with Gasteiger partial charge in [0.1, 0.15) is 13.2 Å². The lowest BCUT2D eigenvalue weighted by Gasteiger charge is -2.08. The molecule has 0 aromatic rings. The highest BCUT2D eigenvalue weighted by atomic mass is 16.6. The summed E-state index contributed by atoms with van der Waals surface area (Å²) in [4.78, 5) is 22.1. The quantitative estimate of drug-likeness (QED) is 0.276. The second kappa shape index (κ2) is 21.2. The van der Waals surface area contributed by atoms with E-state index in [0.717, 1.165) is 0 Å². The summed E-state index contributed by atoms with van der Waals surface area (Å²) in [5.41, 5.74) is 0. The van der Waals surface area contributed by atoms with Gasteiger partial charge in [0.2, 0.25) is 5.91 Å². The topological polar surface area (TPSA) is 102 Å². The first-order chi connectivity index (χ1) is 13.2. The third-order valence-electron chi connectivity index (χ3n) is 3.12. The number of hydrogen-bond donors (Lipinski definition) is 1. The van der Waals surface area contributed by atoms with Crippen LogP contribution in [0.2, 0.25) is 0 Å². The summed E-state index contributed by atoms with van der Waals surface area (Å²) in [6.45, 7) is 9.00.